The van der Waals surface area contributed by atoms with Crippen molar-refractivity contribution < 1.29 is 9.90 Å². The molecule has 114 valence electrons. The van der Waals surface area contributed by atoms with Gasteiger partial charge in [-0.2, -0.15) is 5.10 Å². The van der Waals surface area contributed by atoms with Gasteiger partial charge >= 0.3 is 0 Å². The van der Waals surface area contributed by atoms with Gasteiger partial charge in [0.25, 0.3) is 5.91 Å². The molecule has 0 fully saturated rings. The van der Waals surface area contributed by atoms with Crippen molar-refractivity contribution in [3.8, 4) is 5.75 Å². The number of aromatic hydroxyl groups is 1. The number of hydrogen-bond donors (Lipinski definition) is 2. The first-order chi connectivity index (χ1) is 10.4. The number of rotatable bonds is 3. The molecule has 2 aromatic carbocycles. The van der Waals surface area contributed by atoms with Crippen LogP contribution in [0.2, 0.25) is 5.02 Å². The van der Waals surface area contributed by atoms with Crippen molar-refractivity contribution in [2.75, 3.05) is 0 Å². The van der Waals surface area contributed by atoms with Gasteiger partial charge in [0.2, 0.25) is 0 Å². The van der Waals surface area contributed by atoms with Crippen molar-refractivity contribution in [3.63, 3.8) is 0 Å². The largest absolute Gasteiger partial charge is 0.506 e. The summed E-state index contributed by atoms with van der Waals surface area (Å²) < 4.78 is 1.83. The molecule has 1 amide bonds. The molecule has 0 aromatic heterocycles. The predicted molar refractivity (Wildman–Crippen MR) is 97.7 cm³/mol. The normalized spacial score (nSPS) is 10.9. The quantitative estimate of drug-likeness (QED) is 0.445. The Morgan fingerprint density at radius 1 is 1.18 bits per heavy atom. The number of halogens is 4. The van der Waals surface area contributed by atoms with Gasteiger partial charge in [-0.25, -0.2) is 5.43 Å². The first kappa shape index (κ1) is 17.5. The van der Waals surface area contributed by atoms with E-state index in [1.807, 2.05) is 0 Å². The van der Waals surface area contributed by atoms with Crippen LogP contribution in [-0.4, -0.2) is 17.2 Å². The van der Waals surface area contributed by atoms with E-state index >= 15 is 0 Å². The molecule has 0 aliphatic heterocycles. The van der Waals surface area contributed by atoms with Crippen molar-refractivity contribution in [1.29, 1.82) is 0 Å². The van der Waals surface area contributed by atoms with E-state index in [9.17, 15) is 9.90 Å². The lowest BCUT2D eigenvalue weighted by atomic mass is 10.2. The SMILES string of the molecule is O=C(N/N=C/c1cc(Br)c(O)c(Br)c1)c1ccc(Br)cc1Cl. The predicted octanol–water partition coefficient (Wildman–Crippen LogP) is 5.10. The Morgan fingerprint density at radius 3 is 2.41 bits per heavy atom. The van der Waals surface area contributed by atoms with E-state index in [1.165, 1.54) is 6.21 Å². The molecule has 22 heavy (non-hydrogen) atoms. The summed E-state index contributed by atoms with van der Waals surface area (Å²) in [4.78, 5) is 12.0. The second-order valence-electron chi connectivity index (χ2n) is 4.16. The molecule has 0 spiro atoms. The van der Waals surface area contributed by atoms with Gasteiger partial charge in [-0.1, -0.05) is 27.5 Å². The third kappa shape index (κ3) is 4.32. The number of carbonyl (C=O) groups is 1. The van der Waals surface area contributed by atoms with E-state index in [0.29, 0.717) is 25.1 Å². The van der Waals surface area contributed by atoms with Crippen LogP contribution in [0.5, 0.6) is 5.75 Å². The van der Waals surface area contributed by atoms with Crippen LogP contribution in [0.4, 0.5) is 0 Å². The molecule has 8 heteroatoms. The lowest BCUT2D eigenvalue weighted by Crippen LogP contribution is -2.18. The van der Waals surface area contributed by atoms with Crippen molar-refractivity contribution in [2.45, 2.75) is 0 Å². The molecule has 0 unspecified atom stereocenters. The van der Waals surface area contributed by atoms with Crippen LogP contribution in [-0.2, 0) is 0 Å². The smallest absolute Gasteiger partial charge is 0.272 e. The highest BCUT2D eigenvalue weighted by atomic mass is 79.9. The zero-order valence-electron chi connectivity index (χ0n) is 10.8. The zero-order valence-corrected chi connectivity index (χ0v) is 16.3. The minimum absolute atomic E-state index is 0.0998. The molecule has 0 atom stereocenters. The average Bonchev–Trinajstić information content (AvgIpc) is 2.44. The topological polar surface area (TPSA) is 61.7 Å². The van der Waals surface area contributed by atoms with Crippen LogP contribution in [0.3, 0.4) is 0 Å². The summed E-state index contributed by atoms with van der Waals surface area (Å²) in [6.45, 7) is 0. The Balaban J connectivity index is 2.10. The lowest BCUT2D eigenvalue weighted by Gasteiger charge is -2.04. The third-order valence-electron chi connectivity index (χ3n) is 2.59. The van der Waals surface area contributed by atoms with Crippen LogP contribution in [0.25, 0.3) is 0 Å². The van der Waals surface area contributed by atoms with Crippen LogP contribution < -0.4 is 5.43 Å². The van der Waals surface area contributed by atoms with Gasteiger partial charge in [-0.15, -0.1) is 0 Å². The van der Waals surface area contributed by atoms with Gasteiger partial charge in [0.05, 0.1) is 25.7 Å². The molecule has 0 saturated heterocycles. The third-order valence-corrected chi connectivity index (χ3v) is 4.61. The van der Waals surface area contributed by atoms with Gasteiger partial charge in [-0.3, -0.25) is 4.79 Å². The maximum Gasteiger partial charge on any atom is 0.272 e. The Hall–Kier alpha value is -0.890. The first-order valence-electron chi connectivity index (χ1n) is 5.85. The summed E-state index contributed by atoms with van der Waals surface area (Å²) >= 11 is 15.7. The molecule has 2 aromatic rings. The second-order valence-corrected chi connectivity index (χ2v) is 7.19. The fourth-order valence-corrected chi connectivity index (χ4v) is 3.54. The van der Waals surface area contributed by atoms with Gasteiger partial charge in [0.1, 0.15) is 5.75 Å². The molecule has 0 bridgehead atoms. The number of hydrazone groups is 1. The fraction of sp³-hybridized carbons (Fsp3) is 0. The van der Waals surface area contributed by atoms with Crippen LogP contribution in [0.1, 0.15) is 15.9 Å². The van der Waals surface area contributed by atoms with Crippen LogP contribution in [0.15, 0.2) is 48.9 Å². The minimum Gasteiger partial charge on any atom is -0.506 e. The highest BCUT2D eigenvalue weighted by Gasteiger charge is 2.09. The maximum atomic E-state index is 12.0. The number of hydrogen-bond acceptors (Lipinski definition) is 3. The average molecular weight is 511 g/mol. The molecule has 0 saturated carbocycles. The van der Waals surface area contributed by atoms with Crippen molar-refractivity contribution in [2.24, 2.45) is 5.10 Å². The number of nitrogens with zero attached hydrogens (tertiary/aromatic N) is 1. The number of amides is 1. The molecule has 2 N–H and O–H groups in total. The molecule has 0 aliphatic rings. The number of nitrogens with one attached hydrogen (secondary N) is 1. The Labute approximate surface area is 156 Å². The molecule has 2 rings (SSSR count). The monoisotopic (exact) mass is 508 g/mol. The summed E-state index contributed by atoms with van der Waals surface area (Å²) in [5.41, 5.74) is 3.42. The fourth-order valence-electron chi connectivity index (χ4n) is 1.56. The van der Waals surface area contributed by atoms with E-state index in [2.05, 4.69) is 58.3 Å². The van der Waals surface area contributed by atoms with E-state index in [-0.39, 0.29) is 5.75 Å². The standard InChI is InChI=1S/C14H8Br3ClN2O2/c15-8-1-2-9(12(18)5-8)14(22)20-19-6-7-3-10(16)13(21)11(17)4-7/h1-6,21H,(H,20,22)/b19-6+. The summed E-state index contributed by atoms with van der Waals surface area (Å²) in [5.74, 6) is -0.312. The molecule has 4 nitrogen and oxygen atoms in total. The van der Waals surface area contributed by atoms with Gasteiger partial charge < -0.3 is 5.11 Å². The van der Waals surface area contributed by atoms with E-state index in [4.69, 9.17) is 11.6 Å². The van der Waals surface area contributed by atoms with Crippen LogP contribution in [0, 0.1) is 0 Å². The van der Waals surface area contributed by atoms with Gasteiger partial charge in [0, 0.05) is 4.47 Å². The van der Waals surface area contributed by atoms with E-state index in [1.54, 1.807) is 30.3 Å². The second kappa shape index (κ2) is 7.59. The van der Waals surface area contributed by atoms with E-state index < -0.39 is 5.91 Å². The highest BCUT2D eigenvalue weighted by Crippen LogP contribution is 2.32. The zero-order chi connectivity index (χ0) is 16.3. The Morgan fingerprint density at radius 2 is 1.82 bits per heavy atom. The molecular formula is C14H8Br3ClN2O2. The molecule has 0 heterocycles. The Bertz CT molecular complexity index is 743. The van der Waals surface area contributed by atoms with Crippen LogP contribution >= 0.6 is 59.4 Å². The number of carbonyl (C=O) groups excluding carboxylic acids is 1. The molecule has 0 radical (unpaired) electrons. The van der Waals surface area contributed by atoms with Gasteiger partial charge in [0.15, 0.2) is 0 Å². The lowest BCUT2D eigenvalue weighted by molar-refractivity contribution is 0.0955. The molecular weight excluding hydrogens is 503 g/mol. The summed E-state index contributed by atoms with van der Waals surface area (Å²) in [5, 5.41) is 13.8. The summed E-state index contributed by atoms with van der Waals surface area (Å²) in [7, 11) is 0. The summed E-state index contributed by atoms with van der Waals surface area (Å²) in [6.07, 6.45) is 1.46. The molecule has 0 aliphatic carbocycles. The van der Waals surface area contributed by atoms with Crippen molar-refractivity contribution >= 4 is 71.5 Å². The minimum atomic E-state index is -0.411. The van der Waals surface area contributed by atoms with Gasteiger partial charge in [-0.05, 0) is 67.8 Å². The first-order valence-corrected chi connectivity index (χ1v) is 8.60. The maximum absolute atomic E-state index is 12.0. The highest BCUT2D eigenvalue weighted by molar-refractivity contribution is 9.11. The number of benzene rings is 2. The number of phenols is 1. The van der Waals surface area contributed by atoms with E-state index in [0.717, 1.165) is 4.47 Å². The van der Waals surface area contributed by atoms with Crippen molar-refractivity contribution in [1.82, 2.24) is 5.43 Å². The van der Waals surface area contributed by atoms with Crippen molar-refractivity contribution in [3.05, 3.63) is 59.9 Å². The Kier molecular flexibility index (Phi) is 6.02. The summed E-state index contributed by atoms with van der Waals surface area (Å²) in [6, 6.07) is 8.29. The number of phenolic OH excluding ortho intramolecular Hbond substituents is 1.